The first kappa shape index (κ1) is 11.5. The average molecular weight is 215 g/mol. The van der Waals surface area contributed by atoms with E-state index in [1.54, 1.807) is 7.11 Å². The number of aliphatic hydroxyl groups is 1. The molecular weight excluding hydrogens is 200 g/mol. The number of methoxy groups -OCH3 is 1. The van der Waals surface area contributed by atoms with Crippen LogP contribution in [0.2, 0.25) is 5.02 Å². The Bertz CT molecular complexity index is 276. The van der Waals surface area contributed by atoms with E-state index in [0.29, 0.717) is 24.5 Å². The second-order valence-corrected chi connectivity index (χ2v) is 3.71. The van der Waals surface area contributed by atoms with E-state index in [-0.39, 0.29) is 6.10 Å². The maximum Gasteiger partial charge on any atom is 0.0602 e. The Morgan fingerprint density at radius 1 is 1.50 bits per heavy atom. The summed E-state index contributed by atoms with van der Waals surface area (Å²) in [6, 6.07) is 7.55. The summed E-state index contributed by atoms with van der Waals surface area (Å²) in [5.41, 5.74) is 1.06. The molecule has 0 amide bonds. The van der Waals surface area contributed by atoms with E-state index in [2.05, 4.69) is 0 Å². The highest BCUT2D eigenvalue weighted by Gasteiger charge is 2.05. The van der Waals surface area contributed by atoms with Crippen LogP contribution >= 0.6 is 11.6 Å². The van der Waals surface area contributed by atoms with Crippen molar-refractivity contribution in [3.8, 4) is 0 Å². The van der Waals surface area contributed by atoms with Gasteiger partial charge in [0.05, 0.1) is 6.10 Å². The SMILES string of the molecule is COCCC(O)Cc1cccc(Cl)c1. The molecule has 0 fully saturated rings. The number of ether oxygens (including phenoxy) is 1. The summed E-state index contributed by atoms with van der Waals surface area (Å²) in [6.07, 6.45) is 0.931. The molecule has 0 spiro atoms. The fourth-order valence-corrected chi connectivity index (χ4v) is 1.50. The summed E-state index contributed by atoms with van der Waals surface area (Å²) in [4.78, 5) is 0. The molecule has 0 saturated heterocycles. The Morgan fingerprint density at radius 2 is 2.29 bits per heavy atom. The Kier molecular flexibility index (Phi) is 4.94. The zero-order valence-electron chi connectivity index (χ0n) is 8.24. The first-order chi connectivity index (χ1) is 6.72. The smallest absolute Gasteiger partial charge is 0.0602 e. The first-order valence-corrected chi connectivity index (χ1v) is 5.01. The largest absolute Gasteiger partial charge is 0.393 e. The lowest BCUT2D eigenvalue weighted by molar-refractivity contribution is 0.110. The average Bonchev–Trinajstić information content (AvgIpc) is 2.15. The van der Waals surface area contributed by atoms with Crippen molar-refractivity contribution in [1.82, 2.24) is 0 Å². The van der Waals surface area contributed by atoms with Crippen molar-refractivity contribution in [2.24, 2.45) is 0 Å². The summed E-state index contributed by atoms with van der Waals surface area (Å²) in [6.45, 7) is 0.585. The monoisotopic (exact) mass is 214 g/mol. The highest BCUT2D eigenvalue weighted by atomic mass is 35.5. The van der Waals surface area contributed by atoms with Crippen LogP contribution in [-0.4, -0.2) is 24.9 Å². The summed E-state index contributed by atoms with van der Waals surface area (Å²) < 4.78 is 4.89. The summed E-state index contributed by atoms with van der Waals surface area (Å²) in [7, 11) is 1.63. The van der Waals surface area contributed by atoms with Crippen LogP contribution in [0, 0.1) is 0 Å². The van der Waals surface area contributed by atoms with Crippen molar-refractivity contribution in [2.45, 2.75) is 18.9 Å². The lowest BCUT2D eigenvalue weighted by Crippen LogP contribution is -2.12. The lowest BCUT2D eigenvalue weighted by atomic mass is 10.1. The van der Waals surface area contributed by atoms with E-state index < -0.39 is 0 Å². The molecule has 0 heterocycles. The first-order valence-electron chi connectivity index (χ1n) is 4.64. The summed E-state index contributed by atoms with van der Waals surface area (Å²) >= 11 is 5.83. The van der Waals surface area contributed by atoms with E-state index in [0.717, 1.165) is 5.56 Å². The molecule has 14 heavy (non-hydrogen) atoms. The Labute approximate surface area is 89.5 Å². The molecule has 78 valence electrons. The van der Waals surface area contributed by atoms with Crippen molar-refractivity contribution < 1.29 is 9.84 Å². The van der Waals surface area contributed by atoms with E-state index in [4.69, 9.17) is 16.3 Å². The molecule has 0 bridgehead atoms. The lowest BCUT2D eigenvalue weighted by Gasteiger charge is -2.09. The van der Waals surface area contributed by atoms with Gasteiger partial charge in [-0.2, -0.15) is 0 Å². The van der Waals surface area contributed by atoms with Gasteiger partial charge in [-0.1, -0.05) is 23.7 Å². The van der Waals surface area contributed by atoms with Gasteiger partial charge < -0.3 is 9.84 Å². The van der Waals surface area contributed by atoms with Crippen molar-refractivity contribution >= 4 is 11.6 Å². The standard InChI is InChI=1S/C11H15ClO2/c1-14-6-5-11(13)8-9-3-2-4-10(12)7-9/h2-4,7,11,13H,5-6,8H2,1H3. The maximum atomic E-state index is 9.60. The van der Waals surface area contributed by atoms with Gasteiger partial charge in [0.25, 0.3) is 0 Å². The van der Waals surface area contributed by atoms with E-state index >= 15 is 0 Å². The molecular formula is C11H15ClO2. The summed E-state index contributed by atoms with van der Waals surface area (Å²) in [5.74, 6) is 0. The number of hydrogen-bond acceptors (Lipinski definition) is 2. The number of aliphatic hydroxyl groups excluding tert-OH is 1. The highest BCUT2D eigenvalue weighted by molar-refractivity contribution is 6.30. The third-order valence-corrected chi connectivity index (χ3v) is 2.25. The van der Waals surface area contributed by atoms with E-state index in [1.807, 2.05) is 24.3 Å². The van der Waals surface area contributed by atoms with Crippen LogP contribution in [0.1, 0.15) is 12.0 Å². The van der Waals surface area contributed by atoms with Crippen molar-refractivity contribution in [3.05, 3.63) is 34.9 Å². The van der Waals surface area contributed by atoms with Gasteiger partial charge in [0.15, 0.2) is 0 Å². The van der Waals surface area contributed by atoms with Gasteiger partial charge in [0.2, 0.25) is 0 Å². The molecule has 1 rings (SSSR count). The third kappa shape index (κ3) is 4.09. The van der Waals surface area contributed by atoms with Gasteiger partial charge >= 0.3 is 0 Å². The fourth-order valence-electron chi connectivity index (χ4n) is 1.29. The van der Waals surface area contributed by atoms with Crippen LogP contribution in [0.3, 0.4) is 0 Å². The van der Waals surface area contributed by atoms with Crippen molar-refractivity contribution in [3.63, 3.8) is 0 Å². The molecule has 0 aliphatic carbocycles. The predicted molar refractivity (Wildman–Crippen MR) is 57.7 cm³/mol. The molecule has 0 aliphatic heterocycles. The molecule has 1 N–H and O–H groups in total. The quantitative estimate of drug-likeness (QED) is 0.815. The highest BCUT2D eigenvalue weighted by Crippen LogP contribution is 2.13. The van der Waals surface area contributed by atoms with Gasteiger partial charge in [-0.15, -0.1) is 0 Å². The topological polar surface area (TPSA) is 29.5 Å². The molecule has 0 saturated carbocycles. The van der Waals surface area contributed by atoms with Crippen molar-refractivity contribution in [1.29, 1.82) is 0 Å². The Morgan fingerprint density at radius 3 is 2.93 bits per heavy atom. The molecule has 0 radical (unpaired) electrons. The van der Waals surface area contributed by atoms with Gasteiger partial charge in [-0.3, -0.25) is 0 Å². The number of rotatable bonds is 5. The van der Waals surface area contributed by atoms with E-state index in [1.165, 1.54) is 0 Å². The maximum absolute atomic E-state index is 9.60. The number of hydrogen-bond donors (Lipinski definition) is 1. The second-order valence-electron chi connectivity index (χ2n) is 3.27. The van der Waals surface area contributed by atoms with Crippen LogP contribution in [0.5, 0.6) is 0 Å². The Balaban J connectivity index is 2.43. The molecule has 1 unspecified atom stereocenters. The molecule has 0 aromatic heterocycles. The molecule has 1 aromatic rings. The van der Waals surface area contributed by atoms with Gasteiger partial charge in [-0.25, -0.2) is 0 Å². The fraction of sp³-hybridized carbons (Fsp3) is 0.455. The minimum Gasteiger partial charge on any atom is -0.393 e. The zero-order chi connectivity index (χ0) is 10.4. The van der Waals surface area contributed by atoms with Crippen LogP contribution in [0.4, 0.5) is 0 Å². The van der Waals surface area contributed by atoms with E-state index in [9.17, 15) is 5.11 Å². The number of benzene rings is 1. The molecule has 2 nitrogen and oxygen atoms in total. The zero-order valence-corrected chi connectivity index (χ0v) is 9.00. The number of halogens is 1. The minimum atomic E-state index is -0.353. The van der Waals surface area contributed by atoms with Crippen LogP contribution < -0.4 is 0 Å². The summed E-state index contributed by atoms with van der Waals surface area (Å²) in [5, 5.41) is 10.3. The van der Waals surface area contributed by atoms with Crippen molar-refractivity contribution in [2.75, 3.05) is 13.7 Å². The van der Waals surface area contributed by atoms with Crippen LogP contribution in [0.15, 0.2) is 24.3 Å². The molecule has 1 aromatic carbocycles. The molecule has 3 heteroatoms. The van der Waals surface area contributed by atoms with Gasteiger partial charge in [0.1, 0.15) is 0 Å². The predicted octanol–water partition coefficient (Wildman–Crippen LogP) is 2.28. The van der Waals surface area contributed by atoms with Crippen LogP contribution in [-0.2, 0) is 11.2 Å². The minimum absolute atomic E-state index is 0.353. The Hall–Kier alpha value is -0.570. The molecule has 0 aliphatic rings. The second kappa shape index (κ2) is 6.02. The molecule has 1 atom stereocenters. The third-order valence-electron chi connectivity index (χ3n) is 2.02. The van der Waals surface area contributed by atoms with Gasteiger partial charge in [0, 0.05) is 18.7 Å². The van der Waals surface area contributed by atoms with Gasteiger partial charge in [-0.05, 0) is 30.5 Å². The van der Waals surface area contributed by atoms with Crippen LogP contribution in [0.25, 0.3) is 0 Å². The normalized spacial score (nSPS) is 12.8.